The molecule has 1 aromatic heterocycles. The summed E-state index contributed by atoms with van der Waals surface area (Å²) in [7, 11) is 0. The molecule has 1 aromatic rings. The molecular weight excluding hydrogens is 246 g/mol. The molecule has 0 aliphatic carbocycles. The summed E-state index contributed by atoms with van der Waals surface area (Å²) in [5, 5.41) is 8.76. The van der Waals surface area contributed by atoms with Gasteiger partial charge in [0.05, 0.1) is 23.9 Å². The van der Waals surface area contributed by atoms with Crippen molar-refractivity contribution < 1.29 is 14.7 Å². The minimum atomic E-state index is -0.855. The van der Waals surface area contributed by atoms with Gasteiger partial charge in [0.1, 0.15) is 0 Å². The molecule has 19 heavy (non-hydrogen) atoms. The summed E-state index contributed by atoms with van der Waals surface area (Å²) in [4.78, 5) is 32.6. The van der Waals surface area contributed by atoms with Crippen LogP contribution in [0.5, 0.6) is 0 Å². The van der Waals surface area contributed by atoms with Gasteiger partial charge in [0.25, 0.3) is 0 Å². The summed E-state index contributed by atoms with van der Waals surface area (Å²) < 4.78 is 0. The van der Waals surface area contributed by atoms with Crippen molar-refractivity contribution in [3.8, 4) is 0 Å². The van der Waals surface area contributed by atoms with Crippen LogP contribution in [0.3, 0.4) is 0 Å². The maximum absolute atomic E-state index is 11.6. The van der Waals surface area contributed by atoms with Gasteiger partial charge in [0, 0.05) is 32.3 Å². The predicted molar refractivity (Wildman–Crippen MR) is 67.4 cm³/mol. The molecule has 0 bridgehead atoms. The molecule has 6 heteroatoms. The van der Waals surface area contributed by atoms with Gasteiger partial charge < -0.3 is 10.0 Å². The fourth-order valence-electron chi connectivity index (χ4n) is 2.50. The summed E-state index contributed by atoms with van der Waals surface area (Å²) in [6.07, 6.45) is 5.33. The monoisotopic (exact) mass is 263 g/mol. The number of hydrogen-bond acceptors (Lipinski definition) is 4. The molecule has 1 aliphatic rings. The average molecular weight is 263 g/mol. The van der Waals surface area contributed by atoms with E-state index in [1.807, 2.05) is 0 Å². The van der Waals surface area contributed by atoms with Crippen LogP contribution >= 0.6 is 0 Å². The lowest BCUT2D eigenvalue weighted by Crippen LogP contribution is -2.29. The van der Waals surface area contributed by atoms with Gasteiger partial charge in [-0.2, -0.15) is 0 Å². The molecule has 0 radical (unpaired) electrons. The van der Waals surface area contributed by atoms with Crippen LogP contribution in [0.4, 0.5) is 0 Å². The van der Waals surface area contributed by atoms with Crippen LogP contribution < -0.4 is 0 Å². The normalized spacial score (nSPS) is 18.6. The van der Waals surface area contributed by atoms with Crippen LogP contribution in [-0.2, 0) is 16.0 Å². The van der Waals surface area contributed by atoms with Gasteiger partial charge in [-0.3, -0.25) is 19.6 Å². The first kappa shape index (κ1) is 13.5. The smallest absolute Gasteiger partial charge is 0.303 e. The van der Waals surface area contributed by atoms with E-state index in [1.54, 1.807) is 24.2 Å². The summed E-state index contributed by atoms with van der Waals surface area (Å²) >= 11 is 0. The molecule has 102 valence electrons. The molecule has 1 aliphatic heterocycles. The van der Waals surface area contributed by atoms with Gasteiger partial charge in [0.2, 0.25) is 5.91 Å². The number of aliphatic carboxylic acids is 1. The number of amides is 1. The van der Waals surface area contributed by atoms with Crippen LogP contribution in [0.2, 0.25) is 0 Å². The van der Waals surface area contributed by atoms with E-state index in [1.165, 1.54) is 0 Å². The maximum atomic E-state index is 11.6. The van der Waals surface area contributed by atoms with Crippen molar-refractivity contribution in [1.29, 1.82) is 0 Å². The number of aryl methyl sites for hydroxylation is 1. The molecule has 6 nitrogen and oxygen atoms in total. The lowest BCUT2D eigenvalue weighted by atomic mass is 10.1. The molecule has 1 N–H and O–H groups in total. The zero-order chi connectivity index (χ0) is 13.8. The Kier molecular flexibility index (Phi) is 4.09. The third-order valence-corrected chi connectivity index (χ3v) is 3.35. The number of nitrogens with zero attached hydrogens (tertiary/aromatic N) is 3. The van der Waals surface area contributed by atoms with Gasteiger partial charge in [-0.05, 0) is 12.8 Å². The van der Waals surface area contributed by atoms with E-state index >= 15 is 0 Å². The fraction of sp³-hybridized carbons (Fsp3) is 0.538. The number of rotatable bonds is 4. The summed E-state index contributed by atoms with van der Waals surface area (Å²) in [6, 6.07) is -0.0602. The van der Waals surface area contributed by atoms with Crippen LogP contribution in [0.25, 0.3) is 0 Å². The Hall–Kier alpha value is -1.98. The van der Waals surface area contributed by atoms with Gasteiger partial charge in [-0.25, -0.2) is 0 Å². The first-order valence-corrected chi connectivity index (χ1v) is 6.38. The SMILES string of the molecule is CC(=O)N1CCCC1c1nccnc1CCC(=O)O. The molecule has 0 spiro atoms. The zero-order valence-electron chi connectivity index (χ0n) is 10.9. The quantitative estimate of drug-likeness (QED) is 0.881. The second kappa shape index (κ2) is 5.77. The van der Waals surface area contributed by atoms with Crippen molar-refractivity contribution in [1.82, 2.24) is 14.9 Å². The molecular formula is C13H17N3O3. The molecule has 1 unspecified atom stereocenters. The van der Waals surface area contributed by atoms with Gasteiger partial charge in [0.15, 0.2) is 0 Å². The van der Waals surface area contributed by atoms with Crippen LogP contribution in [0, 0.1) is 0 Å². The number of carboxylic acid groups (broad SMARTS) is 1. The summed E-state index contributed by atoms with van der Waals surface area (Å²) in [5.41, 5.74) is 1.43. The van der Waals surface area contributed by atoms with Gasteiger partial charge >= 0.3 is 5.97 Å². The van der Waals surface area contributed by atoms with E-state index in [4.69, 9.17) is 5.11 Å². The maximum Gasteiger partial charge on any atom is 0.303 e. The van der Waals surface area contributed by atoms with Crippen molar-refractivity contribution in [3.05, 3.63) is 23.8 Å². The van der Waals surface area contributed by atoms with E-state index in [9.17, 15) is 9.59 Å². The first-order chi connectivity index (χ1) is 9.09. The Bertz CT molecular complexity index is 490. The third kappa shape index (κ3) is 3.07. The zero-order valence-corrected chi connectivity index (χ0v) is 10.9. The fourth-order valence-corrected chi connectivity index (χ4v) is 2.50. The Balaban J connectivity index is 2.23. The molecule has 0 aromatic carbocycles. The van der Waals surface area contributed by atoms with Crippen LogP contribution in [0.15, 0.2) is 12.4 Å². The molecule has 1 amide bonds. The van der Waals surface area contributed by atoms with Gasteiger partial charge in [-0.15, -0.1) is 0 Å². The van der Waals surface area contributed by atoms with E-state index < -0.39 is 5.97 Å². The highest BCUT2D eigenvalue weighted by Gasteiger charge is 2.30. The Morgan fingerprint density at radius 1 is 1.42 bits per heavy atom. The third-order valence-electron chi connectivity index (χ3n) is 3.35. The van der Waals surface area contributed by atoms with Gasteiger partial charge in [-0.1, -0.05) is 0 Å². The Morgan fingerprint density at radius 3 is 2.84 bits per heavy atom. The Labute approximate surface area is 111 Å². The molecule has 0 saturated carbocycles. The highest BCUT2D eigenvalue weighted by Crippen LogP contribution is 2.32. The van der Waals surface area contributed by atoms with Crippen LogP contribution in [0.1, 0.15) is 43.6 Å². The number of aromatic nitrogens is 2. The van der Waals surface area contributed by atoms with E-state index in [0.29, 0.717) is 12.1 Å². The second-order valence-electron chi connectivity index (χ2n) is 4.65. The van der Waals surface area contributed by atoms with Crippen molar-refractivity contribution in [2.24, 2.45) is 0 Å². The summed E-state index contributed by atoms with van der Waals surface area (Å²) in [5.74, 6) is -0.830. The van der Waals surface area contributed by atoms with Crippen molar-refractivity contribution in [2.45, 2.75) is 38.6 Å². The van der Waals surface area contributed by atoms with E-state index in [-0.39, 0.29) is 18.4 Å². The van der Waals surface area contributed by atoms with Crippen molar-refractivity contribution in [2.75, 3.05) is 6.54 Å². The number of likely N-dealkylation sites (tertiary alicyclic amines) is 1. The second-order valence-corrected chi connectivity index (χ2v) is 4.65. The van der Waals surface area contributed by atoms with E-state index in [2.05, 4.69) is 9.97 Å². The average Bonchev–Trinajstić information content (AvgIpc) is 2.85. The minimum absolute atomic E-state index is 0.0253. The van der Waals surface area contributed by atoms with Crippen LogP contribution in [-0.4, -0.2) is 38.4 Å². The molecule has 2 heterocycles. The number of carboxylic acids is 1. The standard InChI is InChI=1S/C13H17N3O3/c1-9(17)16-8-2-3-11(16)13-10(4-5-12(18)19)14-6-7-15-13/h6-7,11H,2-5,8H2,1H3,(H,18,19). The largest absolute Gasteiger partial charge is 0.481 e. The number of carbonyl (C=O) groups is 2. The highest BCUT2D eigenvalue weighted by atomic mass is 16.4. The highest BCUT2D eigenvalue weighted by molar-refractivity contribution is 5.74. The lowest BCUT2D eigenvalue weighted by Gasteiger charge is -2.24. The number of hydrogen-bond donors (Lipinski definition) is 1. The van der Waals surface area contributed by atoms with Crippen molar-refractivity contribution >= 4 is 11.9 Å². The summed E-state index contributed by atoms with van der Waals surface area (Å²) in [6.45, 7) is 2.28. The first-order valence-electron chi connectivity index (χ1n) is 6.38. The molecule has 1 atom stereocenters. The Morgan fingerprint density at radius 2 is 2.16 bits per heavy atom. The van der Waals surface area contributed by atoms with Crippen molar-refractivity contribution in [3.63, 3.8) is 0 Å². The minimum Gasteiger partial charge on any atom is -0.481 e. The molecule has 1 saturated heterocycles. The molecule has 2 rings (SSSR count). The van der Waals surface area contributed by atoms with E-state index in [0.717, 1.165) is 25.1 Å². The predicted octanol–water partition coefficient (Wildman–Crippen LogP) is 1.18. The topological polar surface area (TPSA) is 83.4 Å². The molecule has 1 fully saturated rings. The number of carbonyl (C=O) groups excluding carboxylic acids is 1. The lowest BCUT2D eigenvalue weighted by molar-refractivity contribution is -0.137.